The summed E-state index contributed by atoms with van der Waals surface area (Å²) in [5, 5.41) is 5.75. The lowest BCUT2D eigenvalue weighted by Gasteiger charge is -2.14. The van der Waals surface area contributed by atoms with Crippen LogP contribution in [0.5, 0.6) is 0 Å². The second-order valence-electron chi connectivity index (χ2n) is 7.28. The number of hydrogen-bond acceptors (Lipinski definition) is 4. The second-order valence-corrected chi connectivity index (χ2v) is 7.28. The number of anilines is 1. The Morgan fingerprint density at radius 2 is 1.93 bits per heavy atom. The van der Waals surface area contributed by atoms with Crippen LogP contribution < -0.4 is 10.6 Å². The quantitative estimate of drug-likeness (QED) is 0.634. The molecule has 1 aliphatic rings. The molecule has 154 valence electrons. The first-order chi connectivity index (χ1) is 14.7. The van der Waals surface area contributed by atoms with Crippen molar-refractivity contribution in [3.8, 4) is 0 Å². The summed E-state index contributed by atoms with van der Waals surface area (Å²) in [5.41, 5.74) is 2.51. The van der Waals surface area contributed by atoms with E-state index < -0.39 is 0 Å². The molecule has 0 bridgehead atoms. The van der Waals surface area contributed by atoms with E-state index in [2.05, 4.69) is 15.6 Å². The predicted octanol–water partition coefficient (Wildman–Crippen LogP) is 3.09. The van der Waals surface area contributed by atoms with Gasteiger partial charge in [0.25, 0.3) is 11.8 Å². The van der Waals surface area contributed by atoms with Gasteiger partial charge < -0.3 is 19.9 Å². The van der Waals surface area contributed by atoms with Gasteiger partial charge in [0.1, 0.15) is 0 Å². The van der Waals surface area contributed by atoms with Gasteiger partial charge in [-0.2, -0.15) is 0 Å². The Morgan fingerprint density at radius 3 is 2.67 bits per heavy atom. The highest BCUT2D eigenvalue weighted by atomic mass is 16.5. The Balaban J connectivity index is 1.39. The van der Waals surface area contributed by atoms with E-state index in [4.69, 9.17) is 4.74 Å². The fourth-order valence-corrected chi connectivity index (χ4v) is 3.44. The molecule has 1 aromatic heterocycles. The Morgan fingerprint density at radius 1 is 1.10 bits per heavy atom. The van der Waals surface area contributed by atoms with E-state index in [9.17, 15) is 9.59 Å². The first-order valence-corrected chi connectivity index (χ1v) is 10.0. The number of carbonyl (C=O) groups is 2. The van der Waals surface area contributed by atoms with Gasteiger partial charge >= 0.3 is 0 Å². The van der Waals surface area contributed by atoms with Crippen molar-refractivity contribution in [1.82, 2.24) is 14.9 Å². The maximum atomic E-state index is 12.7. The summed E-state index contributed by atoms with van der Waals surface area (Å²) in [5.74, 6) is -0.486. The topological polar surface area (TPSA) is 85.3 Å². The monoisotopic (exact) mass is 404 g/mol. The van der Waals surface area contributed by atoms with Crippen molar-refractivity contribution in [3.63, 3.8) is 0 Å². The molecule has 2 aromatic carbocycles. The van der Waals surface area contributed by atoms with Crippen LogP contribution >= 0.6 is 0 Å². The van der Waals surface area contributed by atoms with Crippen LogP contribution in [0.15, 0.2) is 67.3 Å². The standard InChI is InChI=1S/C23H24N4O3/c28-22(18-9-7-17(8-10-18)15-27-12-11-24-16-27)26-21-6-2-1-5-20(21)23(29)25-14-19-4-3-13-30-19/h1-2,5-12,16,19H,3-4,13-15H2,(H,25,29)(H,26,28). The van der Waals surface area contributed by atoms with Crippen LogP contribution in [0.4, 0.5) is 5.69 Å². The van der Waals surface area contributed by atoms with E-state index in [0.29, 0.717) is 29.9 Å². The predicted molar refractivity (Wildman–Crippen MR) is 113 cm³/mol. The number of hydrogen-bond donors (Lipinski definition) is 2. The summed E-state index contributed by atoms with van der Waals surface area (Å²) in [6.07, 6.45) is 7.42. The fourth-order valence-electron chi connectivity index (χ4n) is 3.44. The van der Waals surface area contributed by atoms with Crippen molar-refractivity contribution in [1.29, 1.82) is 0 Å². The molecule has 1 aliphatic heterocycles. The first-order valence-electron chi connectivity index (χ1n) is 10.0. The van der Waals surface area contributed by atoms with Gasteiger partial charge in [-0.05, 0) is 42.7 Å². The van der Waals surface area contributed by atoms with Crippen LogP contribution in [0.25, 0.3) is 0 Å². The molecule has 0 spiro atoms. The largest absolute Gasteiger partial charge is 0.376 e. The van der Waals surface area contributed by atoms with Crippen LogP contribution in [-0.4, -0.2) is 40.6 Å². The van der Waals surface area contributed by atoms with E-state index in [0.717, 1.165) is 25.0 Å². The summed E-state index contributed by atoms with van der Waals surface area (Å²) in [6, 6.07) is 14.4. The third kappa shape index (κ3) is 4.93. The molecule has 1 saturated heterocycles. The molecule has 7 heteroatoms. The minimum Gasteiger partial charge on any atom is -0.376 e. The summed E-state index contributed by atoms with van der Waals surface area (Å²) in [7, 11) is 0. The molecule has 0 aliphatic carbocycles. The number of benzene rings is 2. The van der Waals surface area contributed by atoms with Gasteiger partial charge in [0.05, 0.1) is 23.7 Å². The number of nitrogens with zero attached hydrogens (tertiary/aromatic N) is 2. The van der Waals surface area contributed by atoms with Gasteiger partial charge in [-0.3, -0.25) is 9.59 Å². The molecule has 1 unspecified atom stereocenters. The summed E-state index contributed by atoms with van der Waals surface area (Å²) >= 11 is 0. The highest BCUT2D eigenvalue weighted by Crippen LogP contribution is 2.17. The number of ether oxygens (including phenoxy) is 1. The molecule has 30 heavy (non-hydrogen) atoms. The Labute approximate surface area is 175 Å². The third-order valence-electron chi connectivity index (χ3n) is 5.07. The van der Waals surface area contributed by atoms with Crippen LogP contribution in [0, 0.1) is 0 Å². The van der Waals surface area contributed by atoms with Crippen LogP contribution in [0.1, 0.15) is 39.1 Å². The minimum atomic E-state index is -0.261. The van der Waals surface area contributed by atoms with Crippen LogP contribution in [0.3, 0.4) is 0 Å². The summed E-state index contributed by atoms with van der Waals surface area (Å²) in [4.78, 5) is 29.3. The second kappa shape index (κ2) is 9.37. The molecule has 2 N–H and O–H groups in total. The van der Waals surface area contributed by atoms with Crippen molar-refractivity contribution in [2.75, 3.05) is 18.5 Å². The first kappa shape index (κ1) is 19.8. The molecule has 1 fully saturated rings. The van der Waals surface area contributed by atoms with Gasteiger partial charge in [0.2, 0.25) is 0 Å². The Bertz CT molecular complexity index is 994. The molecule has 2 amide bonds. The molecule has 0 saturated carbocycles. The van der Waals surface area contributed by atoms with Crippen molar-refractivity contribution in [2.24, 2.45) is 0 Å². The van der Waals surface area contributed by atoms with Crippen molar-refractivity contribution in [3.05, 3.63) is 83.9 Å². The number of rotatable bonds is 7. The minimum absolute atomic E-state index is 0.0662. The average Bonchev–Trinajstić information content (AvgIpc) is 3.47. The highest BCUT2D eigenvalue weighted by molar-refractivity contribution is 6.09. The van der Waals surface area contributed by atoms with Crippen LogP contribution in [0.2, 0.25) is 0 Å². The lowest BCUT2D eigenvalue weighted by Crippen LogP contribution is -2.32. The molecular formula is C23H24N4O3. The third-order valence-corrected chi connectivity index (χ3v) is 5.07. The molecule has 3 aromatic rings. The normalized spacial score (nSPS) is 15.7. The molecular weight excluding hydrogens is 380 g/mol. The van der Waals surface area contributed by atoms with E-state index >= 15 is 0 Å². The van der Waals surface area contributed by atoms with E-state index in [-0.39, 0.29) is 17.9 Å². The van der Waals surface area contributed by atoms with Gasteiger partial charge in [-0.25, -0.2) is 4.98 Å². The lowest BCUT2D eigenvalue weighted by atomic mass is 10.1. The maximum absolute atomic E-state index is 12.7. The summed E-state index contributed by atoms with van der Waals surface area (Å²) in [6.45, 7) is 1.91. The smallest absolute Gasteiger partial charge is 0.255 e. The Hall–Kier alpha value is -3.45. The van der Waals surface area contributed by atoms with Crippen molar-refractivity contribution >= 4 is 17.5 Å². The molecule has 0 radical (unpaired) electrons. The van der Waals surface area contributed by atoms with E-state index in [1.807, 2.05) is 22.9 Å². The zero-order valence-electron chi connectivity index (χ0n) is 16.6. The van der Waals surface area contributed by atoms with E-state index in [1.165, 1.54) is 0 Å². The maximum Gasteiger partial charge on any atom is 0.255 e. The molecule has 7 nitrogen and oxygen atoms in total. The van der Waals surface area contributed by atoms with Gasteiger partial charge in [-0.1, -0.05) is 24.3 Å². The average molecular weight is 404 g/mol. The molecule has 1 atom stereocenters. The Kier molecular flexibility index (Phi) is 6.20. The lowest BCUT2D eigenvalue weighted by molar-refractivity contribution is 0.0858. The summed E-state index contributed by atoms with van der Waals surface area (Å²) < 4.78 is 7.50. The van der Waals surface area contributed by atoms with Gasteiger partial charge in [-0.15, -0.1) is 0 Å². The zero-order valence-corrected chi connectivity index (χ0v) is 16.6. The van der Waals surface area contributed by atoms with E-state index in [1.54, 1.807) is 48.9 Å². The number of aromatic nitrogens is 2. The van der Waals surface area contributed by atoms with Crippen molar-refractivity contribution in [2.45, 2.75) is 25.5 Å². The SMILES string of the molecule is O=C(Nc1ccccc1C(=O)NCC1CCCO1)c1ccc(Cn2ccnc2)cc1. The highest BCUT2D eigenvalue weighted by Gasteiger charge is 2.18. The van der Waals surface area contributed by atoms with Gasteiger partial charge in [0.15, 0.2) is 0 Å². The number of nitrogens with one attached hydrogen (secondary N) is 2. The molecule has 4 rings (SSSR count). The van der Waals surface area contributed by atoms with Crippen molar-refractivity contribution < 1.29 is 14.3 Å². The number of amides is 2. The number of para-hydroxylation sites is 1. The molecule has 2 heterocycles. The number of imidazole rings is 1. The van der Waals surface area contributed by atoms with Crippen LogP contribution in [-0.2, 0) is 11.3 Å². The number of carbonyl (C=O) groups excluding carboxylic acids is 2. The van der Waals surface area contributed by atoms with Gasteiger partial charge in [0, 0.05) is 37.7 Å². The zero-order chi connectivity index (χ0) is 20.8. The fraction of sp³-hybridized carbons (Fsp3) is 0.261.